The number of hydrazine groups is 1. The molecular weight excluding hydrogens is 136 g/mol. The first-order valence-corrected chi connectivity index (χ1v) is 3.88. The summed E-state index contributed by atoms with van der Waals surface area (Å²) in [4.78, 5) is 0. The number of hydrogen-bond acceptors (Lipinski definition) is 2. The molecule has 2 nitrogen and oxygen atoms in total. The van der Waals surface area contributed by atoms with Gasteiger partial charge in [0, 0.05) is 7.05 Å². The minimum absolute atomic E-state index is 0.455. The van der Waals surface area contributed by atoms with Gasteiger partial charge >= 0.3 is 0 Å². The van der Waals surface area contributed by atoms with Gasteiger partial charge in [0.05, 0.1) is 11.7 Å². The predicted molar refractivity (Wildman–Crippen MR) is 46.4 cm³/mol. The van der Waals surface area contributed by atoms with Crippen LogP contribution in [0.25, 0.3) is 0 Å². The van der Waals surface area contributed by atoms with Crippen LogP contribution in [0.15, 0.2) is 24.3 Å². The molecule has 0 amide bonds. The summed E-state index contributed by atoms with van der Waals surface area (Å²) in [5.74, 6) is 0. The van der Waals surface area contributed by atoms with E-state index in [1.807, 2.05) is 7.05 Å². The molecule has 1 N–H and O–H groups in total. The van der Waals surface area contributed by atoms with Gasteiger partial charge in [0.2, 0.25) is 0 Å². The van der Waals surface area contributed by atoms with Crippen molar-refractivity contribution in [1.29, 1.82) is 0 Å². The van der Waals surface area contributed by atoms with E-state index in [1.54, 1.807) is 0 Å². The lowest BCUT2D eigenvalue weighted by molar-refractivity contribution is 0.616. The fourth-order valence-electron chi connectivity index (χ4n) is 1.59. The molecule has 1 atom stereocenters. The van der Waals surface area contributed by atoms with Gasteiger partial charge in [-0.15, -0.1) is 0 Å². The molecule has 11 heavy (non-hydrogen) atoms. The Morgan fingerprint density at radius 1 is 1.36 bits per heavy atom. The van der Waals surface area contributed by atoms with Crippen molar-refractivity contribution in [3.63, 3.8) is 0 Å². The SMILES string of the molecule is CC1NN(C)c2ccccc21. The molecule has 1 unspecified atom stereocenters. The van der Waals surface area contributed by atoms with Crippen molar-refractivity contribution in [1.82, 2.24) is 5.43 Å². The average Bonchev–Trinajstić information content (AvgIpc) is 2.30. The molecule has 1 aliphatic heterocycles. The average molecular weight is 148 g/mol. The fourth-order valence-corrected chi connectivity index (χ4v) is 1.59. The predicted octanol–water partition coefficient (Wildman–Crippen LogP) is 1.70. The van der Waals surface area contributed by atoms with Gasteiger partial charge in [-0.05, 0) is 18.6 Å². The van der Waals surface area contributed by atoms with Crippen LogP contribution in [0.3, 0.4) is 0 Å². The Morgan fingerprint density at radius 3 is 2.82 bits per heavy atom. The summed E-state index contributed by atoms with van der Waals surface area (Å²) < 4.78 is 0. The highest BCUT2D eigenvalue weighted by atomic mass is 15.5. The third-order valence-corrected chi connectivity index (χ3v) is 2.15. The third-order valence-electron chi connectivity index (χ3n) is 2.15. The van der Waals surface area contributed by atoms with E-state index in [-0.39, 0.29) is 0 Å². The number of hydrogen-bond donors (Lipinski definition) is 1. The fraction of sp³-hybridized carbons (Fsp3) is 0.333. The van der Waals surface area contributed by atoms with E-state index >= 15 is 0 Å². The molecule has 0 aliphatic carbocycles. The second-order valence-corrected chi connectivity index (χ2v) is 2.97. The Kier molecular flexibility index (Phi) is 1.36. The number of anilines is 1. The van der Waals surface area contributed by atoms with E-state index in [1.165, 1.54) is 11.3 Å². The third kappa shape index (κ3) is 0.906. The molecule has 0 fully saturated rings. The minimum Gasteiger partial charge on any atom is -0.311 e. The summed E-state index contributed by atoms with van der Waals surface area (Å²) in [6.07, 6.45) is 0. The van der Waals surface area contributed by atoms with Gasteiger partial charge in [0.15, 0.2) is 0 Å². The first-order valence-electron chi connectivity index (χ1n) is 3.88. The van der Waals surface area contributed by atoms with Crippen LogP contribution in [0.2, 0.25) is 0 Å². The smallest absolute Gasteiger partial charge is 0.0564 e. The van der Waals surface area contributed by atoms with Gasteiger partial charge in [0.1, 0.15) is 0 Å². The molecule has 0 radical (unpaired) electrons. The number of benzene rings is 1. The lowest BCUT2D eigenvalue weighted by Gasteiger charge is -2.11. The van der Waals surface area contributed by atoms with Gasteiger partial charge in [-0.3, -0.25) is 0 Å². The van der Waals surface area contributed by atoms with Crippen molar-refractivity contribution in [3.8, 4) is 0 Å². The van der Waals surface area contributed by atoms with Crippen LogP contribution in [0, 0.1) is 0 Å². The summed E-state index contributed by atoms with van der Waals surface area (Å²) in [5, 5.41) is 2.07. The number of para-hydroxylation sites is 1. The van der Waals surface area contributed by atoms with Crippen molar-refractivity contribution >= 4 is 5.69 Å². The van der Waals surface area contributed by atoms with Crippen LogP contribution < -0.4 is 10.4 Å². The van der Waals surface area contributed by atoms with Gasteiger partial charge in [-0.25, -0.2) is 5.43 Å². The normalized spacial score (nSPS) is 22.0. The molecule has 0 aromatic heterocycles. The molecule has 2 rings (SSSR count). The Bertz CT molecular complexity index is 243. The quantitative estimate of drug-likeness (QED) is 0.602. The Labute approximate surface area is 66.8 Å². The maximum atomic E-state index is 3.32. The molecule has 1 aromatic carbocycles. The Morgan fingerprint density at radius 2 is 2.09 bits per heavy atom. The molecular formula is C9H12N2. The van der Waals surface area contributed by atoms with E-state index < -0.39 is 0 Å². The van der Waals surface area contributed by atoms with E-state index in [9.17, 15) is 0 Å². The van der Waals surface area contributed by atoms with Crippen molar-refractivity contribution in [3.05, 3.63) is 29.8 Å². The molecule has 2 heteroatoms. The number of fused-ring (bicyclic) bond motifs is 1. The van der Waals surface area contributed by atoms with Crippen LogP contribution in [0.5, 0.6) is 0 Å². The number of nitrogens with one attached hydrogen (secondary N) is 1. The van der Waals surface area contributed by atoms with E-state index in [0.29, 0.717) is 6.04 Å². The molecule has 1 aliphatic rings. The van der Waals surface area contributed by atoms with Crippen LogP contribution in [-0.4, -0.2) is 7.05 Å². The zero-order valence-corrected chi connectivity index (χ0v) is 6.83. The molecule has 0 spiro atoms. The first-order chi connectivity index (χ1) is 5.29. The zero-order chi connectivity index (χ0) is 7.84. The van der Waals surface area contributed by atoms with Crippen LogP contribution in [0.1, 0.15) is 18.5 Å². The second kappa shape index (κ2) is 2.24. The summed E-state index contributed by atoms with van der Waals surface area (Å²) in [5.41, 5.74) is 5.99. The number of nitrogens with zero attached hydrogens (tertiary/aromatic N) is 1. The maximum Gasteiger partial charge on any atom is 0.0564 e. The number of rotatable bonds is 0. The largest absolute Gasteiger partial charge is 0.311 e. The summed E-state index contributed by atoms with van der Waals surface area (Å²) in [7, 11) is 2.04. The van der Waals surface area contributed by atoms with Crippen molar-refractivity contribution < 1.29 is 0 Å². The summed E-state index contributed by atoms with van der Waals surface area (Å²) in [6, 6.07) is 8.89. The van der Waals surface area contributed by atoms with Crippen LogP contribution in [-0.2, 0) is 0 Å². The van der Waals surface area contributed by atoms with Gasteiger partial charge in [-0.2, -0.15) is 0 Å². The van der Waals surface area contributed by atoms with E-state index in [4.69, 9.17) is 0 Å². The summed E-state index contributed by atoms with van der Waals surface area (Å²) >= 11 is 0. The minimum atomic E-state index is 0.455. The highest BCUT2D eigenvalue weighted by Crippen LogP contribution is 2.30. The van der Waals surface area contributed by atoms with Gasteiger partial charge in [-0.1, -0.05) is 18.2 Å². The molecule has 1 heterocycles. The van der Waals surface area contributed by atoms with E-state index in [2.05, 4.69) is 41.6 Å². The van der Waals surface area contributed by atoms with Crippen molar-refractivity contribution in [2.75, 3.05) is 12.1 Å². The first kappa shape index (κ1) is 6.68. The monoisotopic (exact) mass is 148 g/mol. The summed E-state index contributed by atoms with van der Waals surface area (Å²) in [6.45, 7) is 2.17. The molecule has 1 aromatic rings. The molecule has 0 saturated carbocycles. The van der Waals surface area contributed by atoms with E-state index in [0.717, 1.165) is 0 Å². The Balaban J connectivity index is 2.52. The van der Waals surface area contributed by atoms with Crippen LogP contribution in [0.4, 0.5) is 5.69 Å². The van der Waals surface area contributed by atoms with Gasteiger partial charge in [0.25, 0.3) is 0 Å². The van der Waals surface area contributed by atoms with Crippen LogP contribution >= 0.6 is 0 Å². The highest BCUT2D eigenvalue weighted by Gasteiger charge is 2.20. The highest BCUT2D eigenvalue weighted by molar-refractivity contribution is 5.57. The van der Waals surface area contributed by atoms with Crippen molar-refractivity contribution in [2.24, 2.45) is 0 Å². The second-order valence-electron chi connectivity index (χ2n) is 2.97. The molecule has 0 saturated heterocycles. The van der Waals surface area contributed by atoms with Gasteiger partial charge < -0.3 is 5.01 Å². The Hall–Kier alpha value is -1.02. The standard InChI is InChI=1S/C9H12N2/c1-7-8-5-3-4-6-9(8)11(2)10-7/h3-7,10H,1-2H3. The van der Waals surface area contributed by atoms with Crippen molar-refractivity contribution in [2.45, 2.75) is 13.0 Å². The lowest BCUT2D eigenvalue weighted by atomic mass is 10.1. The molecule has 0 bridgehead atoms. The zero-order valence-electron chi connectivity index (χ0n) is 6.83. The lowest BCUT2D eigenvalue weighted by Crippen LogP contribution is -2.28. The topological polar surface area (TPSA) is 15.3 Å². The molecule has 58 valence electrons. The maximum absolute atomic E-state index is 3.32.